The second-order valence-electron chi connectivity index (χ2n) is 8.03. The predicted molar refractivity (Wildman–Crippen MR) is 123 cm³/mol. The van der Waals surface area contributed by atoms with Crippen molar-refractivity contribution in [2.24, 2.45) is 0 Å². The van der Waals surface area contributed by atoms with Crippen LogP contribution in [0.2, 0.25) is 0 Å². The molecule has 1 fully saturated rings. The van der Waals surface area contributed by atoms with Gasteiger partial charge in [0.05, 0.1) is 26.4 Å². The smallest absolute Gasteiger partial charge is 0.184 e. The van der Waals surface area contributed by atoms with Gasteiger partial charge in [-0.3, -0.25) is 0 Å². The molecule has 1 aliphatic heterocycles. The van der Waals surface area contributed by atoms with Gasteiger partial charge < -0.3 is 29.2 Å². The molecular formula is C27H30O6. The Kier molecular flexibility index (Phi) is 8.60. The van der Waals surface area contributed by atoms with Crippen LogP contribution < -0.4 is 0 Å². The molecule has 3 aromatic rings. The summed E-state index contributed by atoms with van der Waals surface area (Å²) in [5.74, 6) is 0. The zero-order valence-corrected chi connectivity index (χ0v) is 18.4. The van der Waals surface area contributed by atoms with Gasteiger partial charge in [0.2, 0.25) is 0 Å². The number of hydrogen-bond acceptors (Lipinski definition) is 6. The molecule has 4 rings (SSSR count). The van der Waals surface area contributed by atoms with Gasteiger partial charge in [0, 0.05) is 0 Å². The van der Waals surface area contributed by atoms with E-state index in [1.807, 2.05) is 91.0 Å². The van der Waals surface area contributed by atoms with Crippen molar-refractivity contribution in [3.05, 3.63) is 108 Å². The highest BCUT2D eigenvalue weighted by Crippen LogP contribution is 2.29. The Balaban J connectivity index is 1.53. The predicted octanol–water partition coefficient (Wildman–Crippen LogP) is 3.45. The van der Waals surface area contributed by atoms with Crippen LogP contribution in [0.4, 0.5) is 0 Å². The molecule has 174 valence electrons. The van der Waals surface area contributed by atoms with Crippen molar-refractivity contribution < 1.29 is 29.2 Å². The van der Waals surface area contributed by atoms with Crippen LogP contribution in [0.1, 0.15) is 16.7 Å². The summed E-state index contributed by atoms with van der Waals surface area (Å²) >= 11 is 0. The highest BCUT2D eigenvalue weighted by atomic mass is 16.7. The van der Waals surface area contributed by atoms with Crippen molar-refractivity contribution in [3.63, 3.8) is 0 Å². The number of aliphatic hydroxyl groups is 2. The van der Waals surface area contributed by atoms with Crippen molar-refractivity contribution in [2.45, 2.75) is 50.5 Å². The van der Waals surface area contributed by atoms with E-state index in [2.05, 4.69) is 0 Å². The van der Waals surface area contributed by atoms with E-state index in [9.17, 15) is 10.2 Å². The van der Waals surface area contributed by atoms with Crippen LogP contribution in [-0.4, -0.2) is 47.5 Å². The monoisotopic (exact) mass is 450 g/mol. The van der Waals surface area contributed by atoms with Gasteiger partial charge in [-0.25, -0.2) is 0 Å². The molecule has 0 spiro atoms. The average Bonchev–Trinajstić information content (AvgIpc) is 2.87. The molecule has 3 unspecified atom stereocenters. The molecule has 5 atom stereocenters. The second kappa shape index (κ2) is 12.0. The van der Waals surface area contributed by atoms with Crippen LogP contribution in [0.5, 0.6) is 0 Å². The van der Waals surface area contributed by atoms with Crippen LogP contribution in [0.25, 0.3) is 0 Å². The molecular weight excluding hydrogens is 420 g/mol. The molecule has 1 heterocycles. The Morgan fingerprint density at radius 3 is 1.39 bits per heavy atom. The van der Waals surface area contributed by atoms with Crippen LogP contribution in [0.3, 0.4) is 0 Å². The van der Waals surface area contributed by atoms with Gasteiger partial charge in [0.1, 0.15) is 24.4 Å². The second-order valence-corrected chi connectivity index (χ2v) is 8.03. The highest BCUT2D eigenvalue weighted by molar-refractivity contribution is 5.15. The van der Waals surface area contributed by atoms with E-state index < -0.39 is 30.7 Å². The van der Waals surface area contributed by atoms with Gasteiger partial charge in [0.15, 0.2) is 6.29 Å². The Morgan fingerprint density at radius 2 is 0.970 bits per heavy atom. The van der Waals surface area contributed by atoms with E-state index >= 15 is 0 Å². The molecule has 3 aromatic carbocycles. The lowest BCUT2D eigenvalue weighted by molar-refractivity contribution is -0.315. The third-order valence-electron chi connectivity index (χ3n) is 5.65. The van der Waals surface area contributed by atoms with Crippen LogP contribution in [0, 0.1) is 0 Å². The minimum Gasteiger partial charge on any atom is -0.394 e. The first kappa shape index (κ1) is 23.6. The number of rotatable bonds is 10. The van der Waals surface area contributed by atoms with E-state index in [0.717, 1.165) is 16.7 Å². The van der Waals surface area contributed by atoms with Gasteiger partial charge in [-0.1, -0.05) is 91.0 Å². The largest absolute Gasteiger partial charge is 0.394 e. The first-order valence-electron chi connectivity index (χ1n) is 11.2. The van der Waals surface area contributed by atoms with Gasteiger partial charge in [-0.05, 0) is 16.7 Å². The molecule has 0 aliphatic carbocycles. The summed E-state index contributed by atoms with van der Waals surface area (Å²) in [6.45, 7) is 0.601. The lowest BCUT2D eigenvalue weighted by atomic mass is 9.98. The third-order valence-corrected chi connectivity index (χ3v) is 5.65. The summed E-state index contributed by atoms with van der Waals surface area (Å²) in [6.07, 6.45) is -4.09. The average molecular weight is 451 g/mol. The van der Waals surface area contributed by atoms with Gasteiger partial charge >= 0.3 is 0 Å². The number of ether oxygens (including phenoxy) is 4. The maximum Gasteiger partial charge on any atom is 0.184 e. The first-order valence-corrected chi connectivity index (χ1v) is 11.2. The molecule has 0 aromatic heterocycles. The topological polar surface area (TPSA) is 77.4 Å². The minimum absolute atomic E-state index is 0.284. The molecule has 0 bridgehead atoms. The molecule has 0 radical (unpaired) electrons. The van der Waals surface area contributed by atoms with Gasteiger partial charge in [-0.2, -0.15) is 0 Å². The normalized spacial score (nSPS) is 25.1. The minimum atomic E-state index is -1.26. The fourth-order valence-electron chi connectivity index (χ4n) is 3.91. The van der Waals surface area contributed by atoms with Gasteiger partial charge in [-0.15, -0.1) is 0 Å². The van der Waals surface area contributed by atoms with E-state index in [1.54, 1.807) is 0 Å². The van der Waals surface area contributed by atoms with E-state index in [-0.39, 0.29) is 13.2 Å². The van der Waals surface area contributed by atoms with Crippen molar-refractivity contribution in [2.75, 3.05) is 6.61 Å². The number of hydrogen-bond donors (Lipinski definition) is 2. The summed E-state index contributed by atoms with van der Waals surface area (Å²) in [5.41, 5.74) is 2.95. The molecule has 33 heavy (non-hydrogen) atoms. The Hall–Kier alpha value is -2.58. The highest BCUT2D eigenvalue weighted by Gasteiger charge is 2.47. The molecule has 6 heteroatoms. The third kappa shape index (κ3) is 6.48. The number of benzene rings is 3. The standard InChI is InChI=1S/C27H30O6/c28-16-23-24(30-17-20-10-4-1-5-11-20)25(31-18-21-12-6-2-7-13-21)26(27(29)33-23)32-19-22-14-8-3-9-15-22/h1-15,23-29H,16-19H2/t23?,24-,25?,26?,27-/m0/s1. The maximum absolute atomic E-state index is 10.7. The van der Waals surface area contributed by atoms with Crippen LogP contribution >= 0.6 is 0 Å². The van der Waals surface area contributed by atoms with Crippen molar-refractivity contribution in [1.29, 1.82) is 0 Å². The number of aliphatic hydroxyl groups excluding tert-OH is 2. The fraction of sp³-hybridized carbons (Fsp3) is 0.333. The Labute approximate surface area is 194 Å². The van der Waals surface area contributed by atoms with Crippen LogP contribution in [0.15, 0.2) is 91.0 Å². The summed E-state index contributed by atoms with van der Waals surface area (Å²) in [5, 5.41) is 20.7. The SMILES string of the molecule is OCC1O[C@H](O)C(OCc2ccccc2)C(OCc2ccccc2)[C@H]1OCc1ccccc1. The lowest BCUT2D eigenvalue weighted by Crippen LogP contribution is -2.61. The van der Waals surface area contributed by atoms with Crippen molar-refractivity contribution >= 4 is 0 Å². The molecule has 6 nitrogen and oxygen atoms in total. The molecule has 1 saturated heterocycles. The fourth-order valence-corrected chi connectivity index (χ4v) is 3.91. The summed E-state index contributed by atoms with van der Waals surface area (Å²) in [4.78, 5) is 0. The first-order chi connectivity index (χ1) is 16.2. The Bertz CT molecular complexity index is 937. The molecule has 2 N–H and O–H groups in total. The van der Waals surface area contributed by atoms with Crippen LogP contribution in [-0.2, 0) is 38.8 Å². The lowest BCUT2D eigenvalue weighted by Gasteiger charge is -2.44. The summed E-state index contributed by atoms with van der Waals surface area (Å²) < 4.78 is 24.3. The summed E-state index contributed by atoms with van der Waals surface area (Å²) in [7, 11) is 0. The van der Waals surface area contributed by atoms with E-state index in [4.69, 9.17) is 18.9 Å². The molecule has 1 aliphatic rings. The molecule has 0 saturated carbocycles. The quantitative estimate of drug-likeness (QED) is 0.493. The Morgan fingerprint density at radius 1 is 0.576 bits per heavy atom. The van der Waals surface area contributed by atoms with E-state index in [0.29, 0.717) is 13.2 Å². The summed E-state index contributed by atoms with van der Waals surface area (Å²) in [6, 6.07) is 29.3. The zero-order chi connectivity index (χ0) is 22.9. The molecule has 0 amide bonds. The maximum atomic E-state index is 10.7. The van der Waals surface area contributed by atoms with Crippen molar-refractivity contribution in [3.8, 4) is 0 Å². The van der Waals surface area contributed by atoms with Crippen molar-refractivity contribution in [1.82, 2.24) is 0 Å². The zero-order valence-electron chi connectivity index (χ0n) is 18.4. The van der Waals surface area contributed by atoms with Gasteiger partial charge in [0.25, 0.3) is 0 Å². The van der Waals surface area contributed by atoms with E-state index in [1.165, 1.54) is 0 Å².